The molecule has 26 heavy (non-hydrogen) atoms. The van der Waals surface area contributed by atoms with E-state index in [-0.39, 0.29) is 3.59 Å². The van der Waals surface area contributed by atoms with E-state index < -0.39 is 30.4 Å². The Balaban J connectivity index is 3.62. The number of rotatable bonds is 11. The standard InChI is InChI=1S/C9H5F4.3C4H9.Sn/c10-8(9(11,12)13)6-7-4-2-1-3-5-7;3*1-3-4-2;/h1-5H;3*1,3-4H2,2H3;. The molecule has 0 unspecified atom stereocenters. The molecule has 0 radical (unpaired) electrons. The molecule has 0 heterocycles. The van der Waals surface area contributed by atoms with Crippen LogP contribution in [0.15, 0.2) is 36.2 Å². The average molecular weight is 479 g/mol. The summed E-state index contributed by atoms with van der Waals surface area (Å²) in [6, 6.07) is 8.53. The zero-order valence-corrected chi connectivity index (χ0v) is 19.1. The first-order chi connectivity index (χ1) is 12.3. The summed E-state index contributed by atoms with van der Waals surface area (Å²) in [5, 5.41) is 0. The minimum atomic E-state index is -4.90. The summed E-state index contributed by atoms with van der Waals surface area (Å²) >= 11 is -3.57. The van der Waals surface area contributed by atoms with Crippen molar-refractivity contribution in [3.05, 3.63) is 41.7 Å². The van der Waals surface area contributed by atoms with Crippen LogP contribution in [0.3, 0.4) is 0 Å². The van der Waals surface area contributed by atoms with Crippen molar-refractivity contribution in [1.29, 1.82) is 0 Å². The molecule has 5 heteroatoms. The predicted molar refractivity (Wildman–Crippen MR) is 105 cm³/mol. The van der Waals surface area contributed by atoms with E-state index in [0.717, 1.165) is 51.8 Å². The van der Waals surface area contributed by atoms with E-state index in [1.54, 1.807) is 30.3 Å². The molecule has 0 aliphatic carbocycles. The molecule has 0 nitrogen and oxygen atoms in total. The third-order valence-electron chi connectivity index (χ3n) is 5.09. The minimum absolute atomic E-state index is 0.0859. The number of alkyl halides is 3. The van der Waals surface area contributed by atoms with Gasteiger partial charge in [-0.25, -0.2) is 0 Å². The topological polar surface area (TPSA) is 0 Å². The molecule has 1 rings (SSSR count). The maximum absolute atomic E-state index is 14.8. The van der Waals surface area contributed by atoms with E-state index in [1.807, 2.05) is 0 Å². The van der Waals surface area contributed by atoms with Crippen LogP contribution in [0.5, 0.6) is 0 Å². The van der Waals surface area contributed by atoms with Gasteiger partial charge in [-0.15, -0.1) is 0 Å². The summed E-state index contributed by atoms with van der Waals surface area (Å²) in [6.45, 7) is 6.17. The third kappa shape index (κ3) is 6.57. The maximum atomic E-state index is 14.8. The van der Waals surface area contributed by atoms with Crippen LogP contribution in [-0.4, -0.2) is 24.6 Å². The van der Waals surface area contributed by atoms with Gasteiger partial charge in [0.25, 0.3) is 0 Å². The van der Waals surface area contributed by atoms with Crippen molar-refractivity contribution >= 4 is 22.0 Å². The van der Waals surface area contributed by atoms with Crippen molar-refractivity contribution in [2.45, 2.75) is 78.8 Å². The molecule has 0 aromatic heterocycles. The molecule has 1 aromatic carbocycles. The SMILES string of the molecule is CCC[CH2][Sn]([CH2]CCC)([CH2]CCC)/[C](=C(\F)C(F)(F)F)c1ccccc1. The van der Waals surface area contributed by atoms with Gasteiger partial charge in [0.2, 0.25) is 0 Å². The van der Waals surface area contributed by atoms with Crippen molar-refractivity contribution in [3.63, 3.8) is 0 Å². The van der Waals surface area contributed by atoms with Gasteiger partial charge in [0.15, 0.2) is 0 Å². The molecule has 0 atom stereocenters. The van der Waals surface area contributed by atoms with Gasteiger partial charge in [0, 0.05) is 0 Å². The van der Waals surface area contributed by atoms with Gasteiger partial charge in [0.05, 0.1) is 0 Å². The van der Waals surface area contributed by atoms with E-state index in [4.69, 9.17) is 0 Å². The number of hydrogen-bond donors (Lipinski definition) is 0. The van der Waals surface area contributed by atoms with E-state index in [0.29, 0.717) is 5.56 Å². The van der Waals surface area contributed by atoms with E-state index in [1.165, 1.54) is 0 Å². The first-order valence-electron chi connectivity index (χ1n) is 9.85. The molecule has 0 amide bonds. The first kappa shape index (κ1) is 23.5. The number of hydrogen-bond acceptors (Lipinski definition) is 0. The van der Waals surface area contributed by atoms with Crippen LogP contribution >= 0.6 is 0 Å². The number of allylic oxidation sites excluding steroid dienone is 1. The van der Waals surface area contributed by atoms with E-state index >= 15 is 0 Å². The molecule has 0 aliphatic rings. The van der Waals surface area contributed by atoms with Crippen molar-refractivity contribution in [1.82, 2.24) is 0 Å². The van der Waals surface area contributed by atoms with Gasteiger partial charge in [-0.2, -0.15) is 0 Å². The Bertz CT molecular complexity index is 527. The molecule has 1 aromatic rings. The Morgan fingerprint density at radius 3 is 1.58 bits per heavy atom. The number of halogens is 4. The quantitative estimate of drug-likeness (QED) is 0.221. The van der Waals surface area contributed by atoms with Gasteiger partial charge in [0.1, 0.15) is 0 Å². The van der Waals surface area contributed by atoms with Gasteiger partial charge in [-0.3, -0.25) is 0 Å². The monoisotopic (exact) mass is 480 g/mol. The zero-order chi connectivity index (χ0) is 19.6. The van der Waals surface area contributed by atoms with Gasteiger partial charge >= 0.3 is 160 Å². The van der Waals surface area contributed by atoms with Crippen molar-refractivity contribution < 1.29 is 17.6 Å². The van der Waals surface area contributed by atoms with E-state index in [9.17, 15) is 17.6 Å². The normalized spacial score (nSPS) is 13.7. The number of unbranched alkanes of at least 4 members (excludes halogenated alkanes) is 3. The van der Waals surface area contributed by atoms with Crippen LogP contribution in [0.25, 0.3) is 3.59 Å². The second-order valence-corrected chi connectivity index (χ2v) is 20.2. The van der Waals surface area contributed by atoms with Crippen LogP contribution in [0, 0.1) is 0 Å². The summed E-state index contributed by atoms with van der Waals surface area (Å²) in [7, 11) is 0. The van der Waals surface area contributed by atoms with Crippen LogP contribution < -0.4 is 0 Å². The molecule has 0 fully saturated rings. The fourth-order valence-corrected chi connectivity index (χ4v) is 20.8. The Hall–Kier alpha value is -0.521. The fourth-order valence-electron chi connectivity index (χ4n) is 3.71. The van der Waals surface area contributed by atoms with Crippen LogP contribution in [0.4, 0.5) is 17.6 Å². The summed E-state index contributed by atoms with van der Waals surface area (Å²) in [5.74, 6) is -1.82. The van der Waals surface area contributed by atoms with Crippen molar-refractivity contribution in [3.8, 4) is 0 Å². The van der Waals surface area contributed by atoms with Crippen molar-refractivity contribution in [2.75, 3.05) is 0 Å². The molecule has 0 saturated carbocycles. The molecule has 148 valence electrons. The molecule has 0 bridgehead atoms. The van der Waals surface area contributed by atoms with Crippen molar-refractivity contribution in [2.24, 2.45) is 0 Å². The van der Waals surface area contributed by atoms with Crippen LogP contribution in [0.1, 0.15) is 64.9 Å². The Morgan fingerprint density at radius 2 is 1.23 bits per heavy atom. The summed E-state index contributed by atoms with van der Waals surface area (Å²) in [5.41, 5.74) is 0.460. The molecule has 0 aliphatic heterocycles. The summed E-state index contributed by atoms with van der Waals surface area (Å²) < 4.78 is 57.8. The summed E-state index contributed by atoms with van der Waals surface area (Å²) in [4.78, 5) is 0. The van der Waals surface area contributed by atoms with Crippen LogP contribution in [-0.2, 0) is 0 Å². The Labute approximate surface area is 159 Å². The second-order valence-electron chi connectivity index (χ2n) is 7.14. The third-order valence-corrected chi connectivity index (χ3v) is 20.8. The summed E-state index contributed by atoms with van der Waals surface area (Å²) in [6.07, 6.45) is 0.588. The van der Waals surface area contributed by atoms with Gasteiger partial charge in [-0.1, -0.05) is 0 Å². The molecule has 0 N–H and O–H groups in total. The molecule has 0 saturated heterocycles. The van der Waals surface area contributed by atoms with Gasteiger partial charge in [-0.05, 0) is 0 Å². The molecular weight excluding hydrogens is 447 g/mol. The number of benzene rings is 1. The predicted octanol–water partition coefficient (Wildman–Crippen LogP) is 8.32. The molecule has 0 spiro atoms. The van der Waals surface area contributed by atoms with Crippen LogP contribution in [0.2, 0.25) is 13.3 Å². The first-order valence-corrected chi connectivity index (χ1v) is 17.3. The Kier molecular flexibility index (Phi) is 10.3. The average Bonchev–Trinajstić information content (AvgIpc) is 2.62. The Morgan fingerprint density at radius 1 is 0.808 bits per heavy atom. The second kappa shape index (κ2) is 11.4. The van der Waals surface area contributed by atoms with Gasteiger partial charge < -0.3 is 0 Å². The zero-order valence-electron chi connectivity index (χ0n) is 16.3. The fraction of sp³-hybridized carbons (Fsp3) is 0.619. The molecular formula is C21H32F4Sn. The van der Waals surface area contributed by atoms with E-state index in [2.05, 4.69) is 20.8 Å².